The van der Waals surface area contributed by atoms with E-state index in [1.807, 2.05) is 0 Å². The van der Waals surface area contributed by atoms with Crippen LogP contribution >= 0.6 is 22.9 Å². The number of alkyl halides is 3. The lowest BCUT2D eigenvalue weighted by molar-refractivity contribution is -0.137. The van der Waals surface area contributed by atoms with Gasteiger partial charge in [0.2, 0.25) is 5.91 Å². The molecule has 0 aliphatic carbocycles. The molecule has 0 aliphatic heterocycles. The van der Waals surface area contributed by atoms with Crippen LogP contribution in [0.2, 0.25) is 4.34 Å². The van der Waals surface area contributed by atoms with Crippen LogP contribution in [-0.2, 0) is 21.0 Å². The van der Waals surface area contributed by atoms with Crippen molar-refractivity contribution in [3.63, 3.8) is 0 Å². The highest BCUT2D eigenvalue weighted by Crippen LogP contribution is 2.30. The number of ether oxygens (including phenoxy) is 1. The van der Waals surface area contributed by atoms with E-state index in [0.29, 0.717) is 4.34 Å². The Morgan fingerprint density at radius 3 is 2.39 bits per heavy atom. The average Bonchev–Trinajstić information content (AvgIpc) is 3.05. The number of thiophene rings is 1. The van der Waals surface area contributed by atoms with Crippen molar-refractivity contribution in [1.29, 1.82) is 0 Å². The minimum atomic E-state index is -4.42. The van der Waals surface area contributed by atoms with Crippen molar-refractivity contribution in [2.24, 2.45) is 0 Å². The van der Waals surface area contributed by atoms with Crippen LogP contribution < -0.4 is 10.1 Å². The monoisotopic (exact) mass is 456 g/mol. The highest BCUT2D eigenvalue weighted by atomic mass is 35.5. The first-order valence-corrected chi connectivity index (χ1v) is 10.4. The zero-order chi connectivity index (χ0) is 20.9. The Morgan fingerprint density at radius 1 is 1.21 bits per heavy atom. The molecule has 0 unspecified atom stereocenters. The summed E-state index contributed by atoms with van der Waals surface area (Å²) in [5.41, 5.74) is -0.788. The fourth-order valence-electron chi connectivity index (χ4n) is 2.03. The number of amides is 1. The largest absolute Gasteiger partial charge is 0.492 e. The number of nitrogens with one attached hydrogen (secondary N) is 1. The van der Waals surface area contributed by atoms with Gasteiger partial charge in [0.15, 0.2) is 0 Å². The number of rotatable bonds is 8. The molecule has 0 radical (unpaired) electrons. The van der Waals surface area contributed by atoms with E-state index in [2.05, 4.69) is 5.32 Å². The van der Waals surface area contributed by atoms with Gasteiger partial charge in [-0.25, -0.2) is 8.42 Å². The van der Waals surface area contributed by atoms with Crippen LogP contribution in [0.1, 0.15) is 5.56 Å². The van der Waals surface area contributed by atoms with Crippen molar-refractivity contribution >= 4 is 38.9 Å². The van der Waals surface area contributed by atoms with Crippen LogP contribution in [0, 0.1) is 0 Å². The lowest BCUT2D eigenvalue weighted by Gasteiger charge is -2.15. The van der Waals surface area contributed by atoms with Crippen molar-refractivity contribution in [2.45, 2.75) is 10.4 Å². The highest BCUT2D eigenvalue weighted by Gasteiger charge is 2.30. The molecular formula is C16H16ClF3N2O4S2. The van der Waals surface area contributed by atoms with Crippen LogP contribution in [0.3, 0.4) is 0 Å². The molecule has 1 aromatic heterocycles. The molecule has 1 N–H and O–H groups in total. The van der Waals surface area contributed by atoms with Gasteiger partial charge in [-0.2, -0.15) is 17.5 Å². The third-order valence-corrected chi connectivity index (χ3v) is 6.96. The Kier molecular flexibility index (Phi) is 7.32. The summed E-state index contributed by atoms with van der Waals surface area (Å²) in [6, 6.07) is 6.95. The maximum atomic E-state index is 12.5. The Balaban J connectivity index is 1.77. The minimum absolute atomic E-state index is 0.00804. The predicted molar refractivity (Wildman–Crippen MR) is 99.1 cm³/mol. The molecule has 0 bridgehead atoms. The van der Waals surface area contributed by atoms with E-state index >= 15 is 0 Å². The molecule has 0 saturated carbocycles. The Bertz CT molecular complexity index is 915. The number of likely N-dealkylation sites (N-methyl/N-ethyl adjacent to an activating group) is 1. The van der Waals surface area contributed by atoms with E-state index in [0.717, 1.165) is 27.8 Å². The molecule has 0 spiro atoms. The Labute approximate surface area is 168 Å². The molecule has 0 fully saturated rings. The second-order valence-electron chi connectivity index (χ2n) is 5.54. The van der Waals surface area contributed by atoms with Crippen LogP contribution in [0.4, 0.5) is 13.2 Å². The smallest absolute Gasteiger partial charge is 0.416 e. The molecule has 1 amide bonds. The summed E-state index contributed by atoms with van der Waals surface area (Å²) in [5, 5.41) is 2.48. The summed E-state index contributed by atoms with van der Waals surface area (Å²) in [7, 11) is -2.55. The van der Waals surface area contributed by atoms with Crippen LogP contribution in [0.15, 0.2) is 40.6 Å². The zero-order valence-electron chi connectivity index (χ0n) is 14.5. The van der Waals surface area contributed by atoms with E-state index in [1.54, 1.807) is 0 Å². The molecular weight excluding hydrogens is 441 g/mol. The van der Waals surface area contributed by atoms with Gasteiger partial charge in [0.25, 0.3) is 10.0 Å². The molecule has 0 saturated heterocycles. The second-order valence-corrected chi connectivity index (χ2v) is 9.53. The summed E-state index contributed by atoms with van der Waals surface area (Å²) < 4.78 is 68.5. The van der Waals surface area contributed by atoms with E-state index in [9.17, 15) is 26.4 Å². The van der Waals surface area contributed by atoms with Crippen LogP contribution in [0.25, 0.3) is 0 Å². The maximum Gasteiger partial charge on any atom is 0.416 e. The first kappa shape index (κ1) is 22.5. The molecule has 6 nitrogen and oxygen atoms in total. The molecule has 154 valence electrons. The summed E-state index contributed by atoms with van der Waals surface area (Å²) in [6.07, 6.45) is -4.42. The van der Waals surface area contributed by atoms with Gasteiger partial charge in [0, 0.05) is 7.05 Å². The molecule has 2 aromatic rings. The number of sulfonamides is 1. The van der Waals surface area contributed by atoms with Gasteiger partial charge in [0.05, 0.1) is 23.0 Å². The standard InChI is InChI=1S/C16H16ClF3N2O4S2/c1-22(28(24,25)15-7-6-13(17)27-15)10-14(23)21-8-9-26-12-4-2-11(3-5-12)16(18,19)20/h2-7H,8-10H2,1H3,(H,21,23). The zero-order valence-corrected chi connectivity index (χ0v) is 16.9. The number of hydrogen-bond donors (Lipinski definition) is 1. The summed E-state index contributed by atoms with van der Waals surface area (Å²) in [4.78, 5) is 11.9. The maximum absolute atomic E-state index is 12.5. The average molecular weight is 457 g/mol. The molecule has 1 heterocycles. The van der Waals surface area contributed by atoms with E-state index in [1.165, 1.54) is 31.3 Å². The number of halogens is 4. The lowest BCUT2D eigenvalue weighted by Crippen LogP contribution is -2.39. The van der Waals surface area contributed by atoms with E-state index < -0.39 is 34.2 Å². The second kappa shape index (κ2) is 9.12. The summed E-state index contributed by atoms with van der Waals surface area (Å²) in [6.45, 7) is -0.342. The normalized spacial score (nSPS) is 12.2. The van der Waals surface area contributed by atoms with E-state index in [4.69, 9.17) is 16.3 Å². The van der Waals surface area contributed by atoms with Crippen LogP contribution in [-0.4, -0.2) is 45.4 Å². The third kappa shape index (κ3) is 6.09. The fraction of sp³-hybridized carbons (Fsp3) is 0.312. The SMILES string of the molecule is CN(CC(=O)NCCOc1ccc(C(F)(F)F)cc1)S(=O)(=O)c1ccc(Cl)s1. The van der Waals surface area contributed by atoms with Gasteiger partial charge < -0.3 is 10.1 Å². The van der Waals surface area contributed by atoms with Gasteiger partial charge in [0.1, 0.15) is 16.6 Å². The molecule has 0 atom stereocenters. The van der Waals surface area contributed by atoms with E-state index in [-0.39, 0.29) is 23.1 Å². The first-order chi connectivity index (χ1) is 13.0. The molecule has 28 heavy (non-hydrogen) atoms. The fourth-order valence-corrected chi connectivity index (χ4v) is 4.85. The summed E-state index contributed by atoms with van der Waals surface area (Å²) in [5.74, 6) is -0.332. The van der Waals surface area contributed by atoms with Gasteiger partial charge >= 0.3 is 6.18 Å². The van der Waals surface area contributed by atoms with Crippen molar-refractivity contribution in [1.82, 2.24) is 9.62 Å². The molecule has 2 rings (SSSR count). The van der Waals surface area contributed by atoms with Crippen molar-refractivity contribution < 1.29 is 31.1 Å². The van der Waals surface area contributed by atoms with Crippen molar-refractivity contribution in [3.05, 3.63) is 46.3 Å². The summed E-state index contributed by atoms with van der Waals surface area (Å²) >= 11 is 6.61. The Morgan fingerprint density at radius 2 is 1.86 bits per heavy atom. The van der Waals surface area contributed by atoms with Gasteiger partial charge in [-0.05, 0) is 36.4 Å². The van der Waals surface area contributed by atoms with Gasteiger partial charge in [-0.1, -0.05) is 11.6 Å². The first-order valence-electron chi connectivity index (χ1n) is 7.78. The number of benzene rings is 1. The number of carbonyl (C=O) groups is 1. The minimum Gasteiger partial charge on any atom is -0.492 e. The number of nitrogens with zero attached hydrogens (tertiary/aromatic N) is 1. The molecule has 12 heteroatoms. The lowest BCUT2D eigenvalue weighted by atomic mass is 10.2. The van der Waals surface area contributed by atoms with Gasteiger partial charge in [-0.3, -0.25) is 4.79 Å². The quantitative estimate of drug-likeness (QED) is 0.619. The third-order valence-electron chi connectivity index (χ3n) is 3.45. The Hall–Kier alpha value is -1.82. The highest BCUT2D eigenvalue weighted by molar-refractivity contribution is 7.91. The van der Waals surface area contributed by atoms with Gasteiger partial charge in [-0.15, -0.1) is 11.3 Å². The van der Waals surface area contributed by atoms with Crippen molar-refractivity contribution in [3.8, 4) is 5.75 Å². The number of carbonyl (C=O) groups excluding carboxylic acids is 1. The number of hydrogen-bond acceptors (Lipinski definition) is 5. The predicted octanol–water partition coefficient (Wildman–Crippen LogP) is 3.24. The van der Waals surface area contributed by atoms with Crippen molar-refractivity contribution in [2.75, 3.05) is 26.7 Å². The topological polar surface area (TPSA) is 75.7 Å². The molecule has 1 aromatic carbocycles. The van der Waals surface area contributed by atoms with Crippen LogP contribution in [0.5, 0.6) is 5.75 Å². The molecule has 0 aliphatic rings.